The van der Waals surface area contributed by atoms with Gasteiger partial charge in [-0.25, -0.2) is 4.79 Å². The number of ether oxygens (including phenoxy) is 1. The Bertz CT molecular complexity index is 1030. The molecule has 3 fully saturated rings. The number of nitrogens with zero attached hydrogens (tertiary/aromatic N) is 1. The lowest BCUT2D eigenvalue weighted by atomic mass is 9.89. The highest BCUT2D eigenvalue weighted by atomic mass is 28.4. The molecule has 3 aliphatic heterocycles. The number of imide groups is 1. The molecule has 8 heteroatoms. The molecule has 2 bridgehead atoms. The zero-order valence-electron chi connectivity index (χ0n) is 20.0. The van der Waals surface area contributed by atoms with E-state index in [2.05, 4.69) is 50.4 Å². The number of carbonyl (C=O) groups excluding carboxylic acids is 2. The number of fused-ring (bicyclic) bond motifs is 4. The van der Waals surface area contributed by atoms with Crippen molar-refractivity contribution in [2.45, 2.75) is 69.7 Å². The maximum Gasteiger partial charge on any atom is 0.326 e. The second-order valence-corrected chi connectivity index (χ2v) is 14.8. The van der Waals surface area contributed by atoms with Crippen LogP contribution in [0.5, 0.6) is 0 Å². The molecule has 34 heavy (non-hydrogen) atoms. The highest BCUT2D eigenvalue weighted by Gasteiger charge is 2.61. The third-order valence-electron chi connectivity index (χ3n) is 7.57. The van der Waals surface area contributed by atoms with Gasteiger partial charge in [0.1, 0.15) is 18.4 Å². The first-order valence-electron chi connectivity index (χ1n) is 11.9. The van der Waals surface area contributed by atoms with Crippen molar-refractivity contribution in [2.24, 2.45) is 5.92 Å². The molecule has 0 radical (unpaired) electrons. The number of aliphatic hydroxyl groups excluding tert-OH is 1. The predicted molar refractivity (Wildman–Crippen MR) is 130 cm³/mol. The molecule has 6 atom stereocenters. The molecule has 3 amide bonds. The van der Waals surface area contributed by atoms with Crippen LogP contribution in [0.3, 0.4) is 0 Å². The van der Waals surface area contributed by atoms with E-state index in [1.807, 2.05) is 36.4 Å². The molecule has 2 aromatic carbocycles. The molecule has 0 aromatic heterocycles. The van der Waals surface area contributed by atoms with E-state index in [0.29, 0.717) is 6.42 Å². The van der Waals surface area contributed by atoms with Crippen LogP contribution in [0.2, 0.25) is 5.04 Å². The minimum Gasteiger partial charge on any atom is -0.402 e. The number of hydrogen-bond donors (Lipinski definition) is 2. The molecular weight excluding hydrogens is 448 g/mol. The summed E-state index contributed by atoms with van der Waals surface area (Å²) in [6.07, 6.45) is -2.16. The average Bonchev–Trinajstić information content (AvgIpc) is 3.18. The van der Waals surface area contributed by atoms with Gasteiger partial charge in [0, 0.05) is 6.42 Å². The van der Waals surface area contributed by atoms with Crippen LogP contribution >= 0.6 is 0 Å². The van der Waals surface area contributed by atoms with Crippen LogP contribution in [0.1, 0.15) is 34.1 Å². The summed E-state index contributed by atoms with van der Waals surface area (Å²) >= 11 is 0. The van der Waals surface area contributed by atoms with Crippen molar-refractivity contribution in [1.29, 1.82) is 0 Å². The largest absolute Gasteiger partial charge is 0.402 e. The van der Waals surface area contributed by atoms with Crippen molar-refractivity contribution in [2.75, 3.05) is 0 Å². The summed E-state index contributed by atoms with van der Waals surface area (Å²) in [7, 11) is -2.88. The van der Waals surface area contributed by atoms with Crippen LogP contribution in [0.25, 0.3) is 0 Å². The van der Waals surface area contributed by atoms with Crippen molar-refractivity contribution in [3.8, 4) is 0 Å². The summed E-state index contributed by atoms with van der Waals surface area (Å²) in [5.41, 5.74) is 0. The van der Waals surface area contributed by atoms with Gasteiger partial charge in [0.15, 0.2) is 0 Å². The lowest BCUT2D eigenvalue weighted by Crippen LogP contribution is -2.70. The fourth-order valence-corrected chi connectivity index (χ4v) is 10.7. The Morgan fingerprint density at radius 2 is 1.59 bits per heavy atom. The third kappa shape index (κ3) is 3.43. The Balaban J connectivity index is 1.58. The molecule has 7 nitrogen and oxygen atoms in total. The van der Waals surface area contributed by atoms with Gasteiger partial charge < -0.3 is 14.3 Å². The smallest absolute Gasteiger partial charge is 0.326 e. The summed E-state index contributed by atoms with van der Waals surface area (Å²) in [5, 5.41) is 15.8. The minimum absolute atomic E-state index is 0.231. The quantitative estimate of drug-likeness (QED) is 0.654. The van der Waals surface area contributed by atoms with Gasteiger partial charge in [0.05, 0.1) is 18.1 Å². The van der Waals surface area contributed by atoms with E-state index in [9.17, 15) is 14.7 Å². The van der Waals surface area contributed by atoms with E-state index in [1.54, 1.807) is 6.92 Å². The van der Waals surface area contributed by atoms with Crippen LogP contribution < -0.4 is 15.7 Å². The summed E-state index contributed by atoms with van der Waals surface area (Å²) in [6.45, 7) is 8.35. The van der Waals surface area contributed by atoms with Crippen LogP contribution in [0, 0.1) is 5.92 Å². The lowest BCUT2D eigenvalue weighted by Gasteiger charge is -2.48. The molecule has 3 heterocycles. The molecule has 2 N–H and O–H groups in total. The summed E-state index contributed by atoms with van der Waals surface area (Å²) in [4.78, 5) is 26.5. The van der Waals surface area contributed by atoms with E-state index in [1.165, 1.54) is 4.90 Å². The molecule has 0 aliphatic carbocycles. The van der Waals surface area contributed by atoms with Gasteiger partial charge in [-0.2, -0.15) is 0 Å². The van der Waals surface area contributed by atoms with Crippen LogP contribution in [0.15, 0.2) is 60.7 Å². The van der Waals surface area contributed by atoms with Crippen LogP contribution in [0.4, 0.5) is 4.79 Å². The first-order chi connectivity index (χ1) is 16.1. The molecule has 2 aromatic rings. The summed E-state index contributed by atoms with van der Waals surface area (Å²) in [6, 6.07) is 19.5. The topological polar surface area (TPSA) is 88.1 Å². The van der Waals surface area contributed by atoms with Crippen molar-refractivity contribution >= 4 is 30.6 Å². The minimum atomic E-state index is -2.88. The van der Waals surface area contributed by atoms with Crippen molar-refractivity contribution in [3.63, 3.8) is 0 Å². The number of carbonyl (C=O) groups is 2. The van der Waals surface area contributed by atoms with E-state index >= 15 is 0 Å². The second kappa shape index (κ2) is 8.30. The summed E-state index contributed by atoms with van der Waals surface area (Å²) in [5.74, 6) is -0.899. The Morgan fingerprint density at radius 1 is 1.03 bits per heavy atom. The zero-order chi connectivity index (χ0) is 24.3. The molecule has 0 unspecified atom stereocenters. The Kier molecular flexibility index (Phi) is 5.67. The molecule has 180 valence electrons. The SMILES string of the molecule is C[C@H]1C(=O)NC(=O)N2[C@@H]1[C@H](O)[C@H]1O[C@@H]2C[C@@H]1O[Si](c1ccccc1)(c1ccccc1)C(C)(C)C. The van der Waals surface area contributed by atoms with Gasteiger partial charge in [-0.1, -0.05) is 88.4 Å². The number of aliphatic hydroxyl groups is 1. The maximum absolute atomic E-state index is 12.7. The first-order valence-corrected chi connectivity index (χ1v) is 13.8. The highest BCUT2D eigenvalue weighted by molar-refractivity contribution is 6.99. The molecule has 0 saturated carbocycles. The number of amides is 3. The van der Waals surface area contributed by atoms with Crippen molar-refractivity contribution in [3.05, 3.63) is 60.7 Å². The number of rotatable bonds is 4. The van der Waals surface area contributed by atoms with Crippen molar-refractivity contribution in [1.82, 2.24) is 10.2 Å². The van der Waals surface area contributed by atoms with Gasteiger partial charge in [-0.15, -0.1) is 0 Å². The zero-order valence-corrected chi connectivity index (χ0v) is 21.0. The normalized spacial score (nSPS) is 31.3. The maximum atomic E-state index is 12.7. The Labute approximate surface area is 201 Å². The molecule has 5 rings (SSSR count). The van der Waals surface area contributed by atoms with Gasteiger partial charge >= 0.3 is 6.03 Å². The van der Waals surface area contributed by atoms with Gasteiger partial charge in [0.2, 0.25) is 5.91 Å². The van der Waals surface area contributed by atoms with Crippen LogP contribution in [-0.4, -0.2) is 60.8 Å². The number of nitrogens with one attached hydrogen (secondary N) is 1. The standard InChI is InChI=1S/C26H32N2O5Si/c1-16-21-22(29)23-19(15-20(32-23)28(21)25(31)27-24(16)30)33-34(26(2,3)4,17-11-7-5-8-12-17)18-13-9-6-10-14-18/h5-14,16,19-23,29H,15H2,1-4H3,(H,27,30,31)/t16-,19+,20-,21+,22+,23+/m1/s1. The summed E-state index contributed by atoms with van der Waals surface area (Å²) < 4.78 is 13.4. The first kappa shape index (κ1) is 23.2. The third-order valence-corrected chi connectivity index (χ3v) is 12.6. The number of hydrogen-bond acceptors (Lipinski definition) is 5. The fraction of sp³-hybridized carbons (Fsp3) is 0.462. The fourth-order valence-electron chi connectivity index (χ4n) is 5.96. The lowest BCUT2D eigenvalue weighted by molar-refractivity contribution is -0.186. The van der Waals surface area contributed by atoms with E-state index in [-0.39, 0.29) is 10.9 Å². The van der Waals surface area contributed by atoms with E-state index in [0.717, 1.165) is 10.4 Å². The monoisotopic (exact) mass is 480 g/mol. The van der Waals surface area contributed by atoms with Gasteiger partial charge in [-0.3, -0.25) is 15.0 Å². The van der Waals surface area contributed by atoms with Crippen LogP contribution in [-0.2, 0) is 14.0 Å². The molecule has 0 spiro atoms. The predicted octanol–water partition coefficient (Wildman–Crippen LogP) is 1.98. The Hall–Kier alpha value is -2.52. The molecular formula is C26H32N2O5Si. The van der Waals surface area contributed by atoms with E-state index in [4.69, 9.17) is 9.16 Å². The molecule has 3 saturated heterocycles. The highest BCUT2D eigenvalue weighted by Crippen LogP contribution is 2.44. The second-order valence-electron chi connectivity index (χ2n) is 10.6. The van der Waals surface area contributed by atoms with Gasteiger partial charge in [-0.05, 0) is 15.4 Å². The molecule has 3 aliphatic rings. The Morgan fingerprint density at radius 3 is 2.12 bits per heavy atom. The number of benzene rings is 2. The van der Waals surface area contributed by atoms with Gasteiger partial charge in [0.25, 0.3) is 8.32 Å². The van der Waals surface area contributed by atoms with Crippen molar-refractivity contribution < 1.29 is 23.9 Å². The average molecular weight is 481 g/mol. The van der Waals surface area contributed by atoms with E-state index < -0.39 is 50.8 Å². The number of urea groups is 1.